The van der Waals surface area contributed by atoms with Crippen molar-refractivity contribution in [2.24, 2.45) is 11.3 Å². The first-order valence-corrected chi connectivity index (χ1v) is 7.45. The Labute approximate surface area is 132 Å². The molecule has 3 N–H and O–H groups in total. The maximum atomic E-state index is 6.34. The topological polar surface area (TPSA) is 68.3 Å². The summed E-state index contributed by atoms with van der Waals surface area (Å²) >= 11 is 6.34. The highest BCUT2D eigenvalue weighted by atomic mass is 35.5. The summed E-state index contributed by atoms with van der Waals surface area (Å²) in [5.74, 6) is 5.79. The van der Waals surface area contributed by atoms with E-state index in [1.54, 1.807) is 13.3 Å². The molecule has 0 fully saturated rings. The van der Waals surface area contributed by atoms with Gasteiger partial charge in [-0.2, -0.15) is 5.10 Å². The zero-order valence-corrected chi connectivity index (χ0v) is 14.6. The maximum Gasteiger partial charge on any atom is 0.0910 e. The van der Waals surface area contributed by atoms with Crippen molar-refractivity contribution in [2.75, 3.05) is 27.7 Å². The summed E-state index contributed by atoms with van der Waals surface area (Å²) in [4.78, 5) is 2.10. The first-order chi connectivity index (χ1) is 9.72. The molecule has 0 spiro atoms. The minimum atomic E-state index is -0.229. The number of halogens is 1. The van der Waals surface area contributed by atoms with Gasteiger partial charge in [-0.05, 0) is 19.5 Å². The van der Waals surface area contributed by atoms with Gasteiger partial charge in [0.25, 0.3) is 0 Å². The Morgan fingerprint density at radius 1 is 1.48 bits per heavy atom. The molecule has 0 aromatic carbocycles. The van der Waals surface area contributed by atoms with Gasteiger partial charge in [0.1, 0.15) is 0 Å². The highest BCUT2D eigenvalue weighted by Crippen LogP contribution is 2.34. The number of rotatable bonds is 7. The number of methoxy groups -OCH3 is 1. The molecule has 0 saturated heterocycles. The van der Waals surface area contributed by atoms with E-state index >= 15 is 0 Å². The molecular weight excluding hydrogens is 290 g/mol. The monoisotopic (exact) mass is 317 g/mol. The Bertz CT molecular complexity index is 441. The standard InChI is InChI=1S/C14H28ClN5O/c1-14(2,3)13(21-6)11(18-16)12-10(15)9-17-20(12)8-7-19(4)5/h9,11,13,18H,7-8,16H2,1-6H3. The highest BCUT2D eigenvalue weighted by Gasteiger charge is 2.36. The first kappa shape index (κ1) is 18.4. The average molecular weight is 318 g/mol. The zero-order chi connectivity index (χ0) is 16.2. The van der Waals surface area contributed by atoms with Gasteiger partial charge in [0.2, 0.25) is 0 Å². The number of ether oxygens (including phenoxy) is 1. The molecule has 0 aliphatic carbocycles. The second-order valence-electron chi connectivity index (χ2n) is 6.57. The Hall–Kier alpha value is -0.660. The normalized spacial score (nSPS) is 15.5. The number of aromatic nitrogens is 2. The number of nitrogens with two attached hydrogens (primary N) is 1. The lowest BCUT2D eigenvalue weighted by Gasteiger charge is -2.36. The van der Waals surface area contributed by atoms with Gasteiger partial charge in [0, 0.05) is 13.7 Å². The van der Waals surface area contributed by atoms with Crippen LogP contribution in [0.5, 0.6) is 0 Å². The summed E-state index contributed by atoms with van der Waals surface area (Å²) in [5.41, 5.74) is 3.62. The van der Waals surface area contributed by atoms with E-state index in [4.69, 9.17) is 22.2 Å². The van der Waals surface area contributed by atoms with Crippen molar-refractivity contribution in [3.8, 4) is 0 Å². The lowest BCUT2D eigenvalue weighted by Crippen LogP contribution is -2.45. The van der Waals surface area contributed by atoms with Crippen LogP contribution in [0.4, 0.5) is 0 Å². The second kappa shape index (κ2) is 7.56. The molecule has 0 aliphatic heterocycles. The van der Waals surface area contributed by atoms with Gasteiger partial charge in [0.15, 0.2) is 0 Å². The van der Waals surface area contributed by atoms with E-state index in [2.05, 4.69) is 36.2 Å². The lowest BCUT2D eigenvalue weighted by molar-refractivity contribution is -0.0141. The van der Waals surface area contributed by atoms with Crippen LogP contribution in [0.15, 0.2) is 6.20 Å². The van der Waals surface area contributed by atoms with Crippen molar-refractivity contribution in [1.29, 1.82) is 0 Å². The third-order valence-electron chi connectivity index (χ3n) is 3.48. The van der Waals surface area contributed by atoms with Crippen LogP contribution in [-0.4, -0.2) is 48.5 Å². The van der Waals surface area contributed by atoms with Crippen molar-refractivity contribution in [3.05, 3.63) is 16.9 Å². The Kier molecular flexibility index (Phi) is 6.62. The van der Waals surface area contributed by atoms with Gasteiger partial charge < -0.3 is 9.64 Å². The molecule has 1 rings (SSSR count). The van der Waals surface area contributed by atoms with Crippen LogP contribution in [0.25, 0.3) is 0 Å². The number of likely N-dealkylation sites (N-methyl/N-ethyl adjacent to an activating group) is 1. The summed E-state index contributed by atoms with van der Waals surface area (Å²) in [6.07, 6.45) is 1.53. The Balaban J connectivity index is 3.12. The summed E-state index contributed by atoms with van der Waals surface area (Å²) in [5, 5.41) is 4.96. The Morgan fingerprint density at radius 2 is 2.10 bits per heavy atom. The van der Waals surface area contributed by atoms with Crippen LogP contribution in [0, 0.1) is 5.41 Å². The van der Waals surface area contributed by atoms with E-state index in [9.17, 15) is 0 Å². The third-order valence-corrected chi connectivity index (χ3v) is 3.77. The van der Waals surface area contributed by atoms with Crippen LogP contribution >= 0.6 is 11.6 Å². The van der Waals surface area contributed by atoms with Crippen LogP contribution in [0.2, 0.25) is 5.02 Å². The van der Waals surface area contributed by atoms with Crippen LogP contribution in [0.3, 0.4) is 0 Å². The predicted octanol–water partition coefficient (Wildman–Crippen LogP) is 1.66. The number of nitrogens with zero attached hydrogens (tertiary/aromatic N) is 3. The van der Waals surface area contributed by atoms with Gasteiger partial charge in [-0.15, -0.1) is 0 Å². The first-order valence-electron chi connectivity index (χ1n) is 7.07. The van der Waals surface area contributed by atoms with Crippen molar-refractivity contribution in [1.82, 2.24) is 20.1 Å². The van der Waals surface area contributed by atoms with E-state index in [0.717, 1.165) is 18.8 Å². The molecule has 6 nitrogen and oxygen atoms in total. The fourth-order valence-electron chi connectivity index (χ4n) is 2.45. The molecule has 1 aromatic rings. The molecule has 0 radical (unpaired) electrons. The fraction of sp³-hybridized carbons (Fsp3) is 0.786. The average Bonchev–Trinajstić information content (AvgIpc) is 2.73. The number of hydrogen-bond acceptors (Lipinski definition) is 5. The van der Waals surface area contributed by atoms with Gasteiger partial charge in [-0.25, -0.2) is 5.43 Å². The molecule has 1 heterocycles. The summed E-state index contributed by atoms with van der Waals surface area (Å²) in [6, 6.07) is -0.229. The van der Waals surface area contributed by atoms with Gasteiger partial charge in [0.05, 0.1) is 35.6 Å². The second-order valence-corrected chi connectivity index (χ2v) is 6.98. The van der Waals surface area contributed by atoms with Crippen molar-refractivity contribution < 1.29 is 4.74 Å². The van der Waals surface area contributed by atoms with Gasteiger partial charge >= 0.3 is 0 Å². The number of hydrogen-bond donors (Lipinski definition) is 2. The number of hydrazine groups is 1. The fourth-order valence-corrected chi connectivity index (χ4v) is 2.71. The molecule has 0 bridgehead atoms. The van der Waals surface area contributed by atoms with E-state index in [1.807, 2.05) is 18.8 Å². The third kappa shape index (κ3) is 4.66. The summed E-state index contributed by atoms with van der Waals surface area (Å²) in [6.45, 7) is 7.95. The van der Waals surface area contributed by atoms with Crippen molar-refractivity contribution in [3.63, 3.8) is 0 Å². The van der Waals surface area contributed by atoms with Crippen LogP contribution < -0.4 is 11.3 Å². The maximum absolute atomic E-state index is 6.34. The van der Waals surface area contributed by atoms with Crippen LogP contribution in [-0.2, 0) is 11.3 Å². The molecule has 0 saturated carbocycles. The Morgan fingerprint density at radius 3 is 2.52 bits per heavy atom. The minimum Gasteiger partial charge on any atom is -0.379 e. The molecule has 0 amide bonds. The van der Waals surface area contributed by atoms with Crippen molar-refractivity contribution >= 4 is 11.6 Å². The van der Waals surface area contributed by atoms with Gasteiger partial charge in [-0.3, -0.25) is 10.5 Å². The summed E-state index contributed by atoms with van der Waals surface area (Å²) in [7, 11) is 5.74. The largest absolute Gasteiger partial charge is 0.379 e. The zero-order valence-electron chi connectivity index (χ0n) is 13.9. The molecule has 2 unspecified atom stereocenters. The SMILES string of the molecule is COC(C(NN)c1c(Cl)cnn1CCN(C)C)C(C)(C)C. The molecule has 122 valence electrons. The summed E-state index contributed by atoms with van der Waals surface area (Å²) < 4.78 is 7.57. The van der Waals surface area contributed by atoms with Crippen molar-refractivity contribution in [2.45, 2.75) is 39.5 Å². The van der Waals surface area contributed by atoms with E-state index < -0.39 is 0 Å². The molecule has 0 aliphatic rings. The molecule has 1 aromatic heterocycles. The van der Waals surface area contributed by atoms with E-state index in [-0.39, 0.29) is 17.6 Å². The van der Waals surface area contributed by atoms with E-state index in [1.165, 1.54) is 0 Å². The van der Waals surface area contributed by atoms with Gasteiger partial charge in [-0.1, -0.05) is 32.4 Å². The predicted molar refractivity (Wildman–Crippen MR) is 86.1 cm³/mol. The minimum absolute atomic E-state index is 0.0915. The van der Waals surface area contributed by atoms with E-state index in [0.29, 0.717) is 5.02 Å². The quantitative estimate of drug-likeness (QED) is 0.591. The molecular formula is C14H28ClN5O. The molecule has 2 atom stereocenters. The highest BCUT2D eigenvalue weighted by molar-refractivity contribution is 6.31. The lowest BCUT2D eigenvalue weighted by atomic mass is 9.83. The van der Waals surface area contributed by atoms with Crippen LogP contribution in [0.1, 0.15) is 32.5 Å². The number of nitrogens with one attached hydrogen (secondary N) is 1. The smallest absolute Gasteiger partial charge is 0.0910 e. The molecule has 7 heteroatoms. The molecule has 21 heavy (non-hydrogen) atoms.